The Morgan fingerprint density at radius 2 is 2.25 bits per heavy atom. The Kier molecular flexibility index (Phi) is 5.86. The number of hydrogen-bond acceptors (Lipinski definition) is 3. The predicted octanol–water partition coefficient (Wildman–Crippen LogP) is 3.55. The smallest absolute Gasteiger partial charge is 0.120 e. The molecule has 0 bridgehead atoms. The molecule has 1 fully saturated rings. The van der Waals surface area contributed by atoms with Gasteiger partial charge >= 0.3 is 0 Å². The normalized spacial score (nSPS) is 23.0. The Bertz CT molecular complexity index is 406. The van der Waals surface area contributed by atoms with E-state index in [1.807, 2.05) is 6.07 Å². The average Bonchev–Trinajstić information content (AvgIpc) is 2.45. The molecule has 1 N–H and O–H groups in total. The largest absolute Gasteiger partial charge is 0.491 e. The first-order valence-electron chi connectivity index (χ1n) is 7.79. The van der Waals surface area contributed by atoms with Crippen molar-refractivity contribution in [2.24, 2.45) is 5.92 Å². The van der Waals surface area contributed by atoms with Crippen LogP contribution in [-0.2, 0) is 4.74 Å². The van der Waals surface area contributed by atoms with Crippen LogP contribution in [0.15, 0.2) is 24.3 Å². The molecule has 2 unspecified atom stereocenters. The lowest BCUT2D eigenvalue weighted by Crippen LogP contribution is -2.31. The van der Waals surface area contributed by atoms with Crippen molar-refractivity contribution in [2.75, 3.05) is 19.7 Å². The highest BCUT2D eigenvalue weighted by molar-refractivity contribution is 5.30. The van der Waals surface area contributed by atoms with E-state index in [1.54, 1.807) is 0 Å². The van der Waals surface area contributed by atoms with Crippen LogP contribution in [0.3, 0.4) is 0 Å². The third-order valence-electron chi connectivity index (χ3n) is 3.66. The van der Waals surface area contributed by atoms with E-state index in [1.165, 1.54) is 12.0 Å². The summed E-state index contributed by atoms with van der Waals surface area (Å²) in [5.41, 5.74) is 1.24. The van der Waals surface area contributed by atoms with E-state index in [2.05, 4.69) is 44.3 Å². The average molecular weight is 277 g/mol. The van der Waals surface area contributed by atoms with Gasteiger partial charge in [-0.05, 0) is 50.9 Å². The lowest BCUT2D eigenvalue weighted by Gasteiger charge is -2.32. The number of hydrogen-bond donors (Lipinski definition) is 1. The molecule has 1 aliphatic rings. The number of nitrogens with one attached hydrogen (secondary N) is 1. The van der Waals surface area contributed by atoms with Crippen molar-refractivity contribution in [1.82, 2.24) is 5.32 Å². The highest BCUT2D eigenvalue weighted by atomic mass is 16.5. The second-order valence-corrected chi connectivity index (χ2v) is 5.74. The van der Waals surface area contributed by atoms with Crippen LogP contribution in [0.4, 0.5) is 0 Å². The molecule has 3 heteroatoms. The highest BCUT2D eigenvalue weighted by Gasteiger charge is 2.27. The van der Waals surface area contributed by atoms with Gasteiger partial charge in [0.15, 0.2) is 0 Å². The van der Waals surface area contributed by atoms with Gasteiger partial charge in [0.1, 0.15) is 5.75 Å². The third kappa shape index (κ3) is 4.22. The zero-order chi connectivity index (χ0) is 14.4. The Labute approximate surface area is 122 Å². The van der Waals surface area contributed by atoms with E-state index >= 15 is 0 Å². The zero-order valence-corrected chi connectivity index (χ0v) is 12.9. The molecule has 3 nitrogen and oxygen atoms in total. The van der Waals surface area contributed by atoms with Crippen LogP contribution in [0.5, 0.6) is 5.75 Å². The SMILES string of the molecule is CCNCC1CCCOC1c1cccc(OC(C)C)c1. The molecule has 2 atom stereocenters. The van der Waals surface area contributed by atoms with E-state index in [4.69, 9.17) is 9.47 Å². The maximum absolute atomic E-state index is 6.04. The fourth-order valence-corrected chi connectivity index (χ4v) is 2.79. The molecule has 0 radical (unpaired) electrons. The number of benzene rings is 1. The van der Waals surface area contributed by atoms with Crippen molar-refractivity contribution in [2.45, 2.75) is 45.8 Å². The van der Waals surface area contributed by atoms with Gasteiger partial charge in [0.2, 0.25) is 0 Å². The van der Waals surface area contributed by atoms with Crippen LogP contribution in [0.2, 0.25) is 0 Å². The van der Waals surface area contributed by atoms with Crippen LogP contribution >= 0.6 is 0 Å². The van der Waals surface area contributed by atoms with Crippen molar-refractivity contribution in [3.05, 3.63) is 29.8 Å². The first-order valence-corrected chi connectivity index (χ1v) is 7.79. The minimum atomic E-state index is 0.193. The first-order chi connectivity index (χ1) is 9.70. The van der Waals surface area contributed by atoms with E-state index in [-0.39, 0.29) is 12.2 Å². The minimum absolute atomic E-state index is 0.193. The molecule has 0 saturated carbocycles. The Morgan fingerprint density at radius 3 is 3.00 bits per heavy atom. The molecule has 1 aliphatic heterocycles. The highest BCUT2D eigenvalue weighted by Crippen LogP contribution is 2.34. The minimum Gasteiger partial charge on any atom is -0.491 e. The Balaban J connectivity index is 2.10. The van der Waals surface area contributed by atoms with Gasteiger partial charge in [-0.2, -0.15) is 0 Å². The van der Waals surface area contributed by atoms with Crippen molar-refractivity contribution in [3.63, 3.8) is 0 Å². The van der Waals surface area contributed by atoms with Crippen LogP contribution in [0, 0.1) is 5.92 Å². The standard InChI is InChI=1S/C17H27NO2/c1-4-18-12-15-8-6-10-19-17(15)14-7-5-9-16(11-14)20-13(2)3/h5,7,9,11,13,15,17-18H,4,6,8,10,12H2,1-3H3. The molecule has 1 aromatic rings. The second kappa shape index (κ2) is 7.65. The van der Waals surface area contributed by atoms with Gasteiger partial charge in [0, 0.05) is 19.1 Å². The maximum atomic E-state index is 6.04. The summed E-state index contributed by atoms with van der Waals surface area (Å²) in [7, 11) is 0. The van der Waals surface area contributed by atoms with Crippen LogP contribution in [0.25, 0.3) is 0 Å². The van der Waals surface area contributed by atoms with Gasteiger partial charge in [-0.25, -0.2) is 0 Å². The van der Waals surface area contributed by atoms with Crippen LogP contribution in [-0.4, -0.2) is 25.8 Å². The van der Waals surface area contributed by atoms with Gasteiger partial charge in [-0.3, -0.25) is 0 Å². The van der Waals surface area contributed by atoms with Crippen molar-refractivity contribution in [1.29, 1.82) is 0 Å². The van der Waals surface area contributed by atoms with E-state index in [0.29, 0.717) is 5.92 Å². The number of rotatable bonds is 6. The lowest BCUT2D eigenvalue weighted by molar-refractivity contribution is -0.0277. The maximum Gasteiger partial charge on any atom is 0.120 e. The summed E-state index contributed by atoms with van der Waals surface area (Å²) in [5, 5.41) is 3.45. The number of ether oxygens (including phenoxy) is 2. The van der Waals surface area contributed by atoms with E-state index in [9.17, 15) is 0 Å². The summed E-state index contributed by atoms with van der Waals surface area (Å²) in [6.45, 7) is 9.16. The quantitative estimate of drug-likeness (QED) is 0.862. The molecule has 0 aliphatic carbocycles. The molecule has 112 valence electrons. The van der Waals surface area contributed by atoms with Gasteiger partial charge < -0.3 is 14.8 Å². The topological polar surface area (TPSA) is 30.5 Å². The Morgan fingerprint density at radius 1 is 1.40 bits per heavy atom. The third-order valence-corrected chi connectivity index (χ3v) is 3.66. The Hall–Kier alpha value is -1.06. The summed E-state index contributed by atoms with van der Waals surface area (Å²) in [5.74, 6) is 1.49. The first kappa shape index (κ1) is 15.3. The lowest BCUT2D eigenvalue weighted by atomic mass is 9.89. The molecule has 20 heavy (non-hydrogen) atoms. The summed E-state index contributed by atoms with van der Waals surface area (Å²) in [4.78, 5) is 0. The van der Waals surface area contributed by atoms with Crippen molar-refractivity contribution >= 4 is 0 Å². The predicted molar refractivity (Wildman–Crippen MR) is 82.2 cm³/mol. The molecule has 2 rings (SSSR count). The van der Waals surface area contributed by atoms with E-state index < -0.39 is 0 Å². The van der Waals surface area contributed by atoms with Crippen molar-refractivity contribution < 1.29 is 9.47 Å². The molecule has 1 saturated heterocycles. The molecule has 0 spiro atoms. The molecule has 1 heterocycles. The zero-order valence-electron chi connectivity index (χ0n) is 12.9. The monoisotopic (exact) mass is 277 g/mol. The van der Waals surface area contributed by atoms with E-state index in [0.717, 1.165) is 31.9 Å². The summed E-state index contributed by atoms with van der Waals surface area (Å²) < 4.78 is 11.8. The fraction of sp³-hybridized carbons (Fsp3) is 0.647. The molecule has 1 aromatic carbocycles. The molecule has 0 amide bonds. The van der Waals surface area contributed by atoms with Crippen molar-refractivity contribution in [3.8, 4) is 5.75 Å². The molecule has 0 aromatic heterocycles. The second-order valence-electron chi connectivity index (χ2n) is 5.74. The van der Waals surface area contributed by atoms with Gasteiger partial charge in [0.05, 0.1) is 12.2 Å². The van der Waals surface area contributed by atoms with Crippen LogP contribution in [0.1, 0.15) is 45.3 Å². The fourth-order valence-electron chi connectivity index (χ4n) is 2.79. The molecular weight excluding hydrogens is 250 g/mol. The summed E-state index contributed by atoms with van der Waals surface area (Å²) in [6.07, 6.45) is 2.79. The van der Waals surface area contributed by atoms with Crippen LogP contribution < -0.4 is 10.1 Å². The van der Waals surface area contributed by atoms with Gasteiger partial charge in [-0.15, -0.1) is 0 Å². The van der Waals surface area contributed by atoms with Gasteiger partial charge in [-0.1, -0.05) is 19.1 Å². The van der Waals surface area contributed by atoms with Gasteiger partial charge in [0.25, 0.3) is 0 Å². The summed E-state index contributed by atoms with van der Waals surface area (Å²) >= 11 is 0. The molecular formula is C17H27NO2. The summed E-state index contributed by atoms with van der Waals surface area (Å²) in [6, 6.07) is 8.37.